The topological polar surface area (TPSA) is 47.4 Å². The smallest absolute Gasteiger partial charge is 0.287 e. The van der Waals surface area contributed by atoms with Crippen LogP contribution in [0.5, 0.6) is 0 Å². The van der Waals surface area contributed by atoms with Crippen LogP contribution in [0.25, 0.3) is 0 Å². The lowest BCUT2D eigenvalue weighted by Crippen LogP contribution is -2.43. The van der Waals surface area contributed by atoms with E-state index in [9.17, 15) is 9.18 Å². The molecule has 0 spiro atoms. The Balaban J connectivity index is 1.90. The van der Waals surface area contributed by atoms with Gasteiger partial charge in [-0.05, 0) is 24.6 Å². The molecular weight excluding hydrogens is 321 g/mol. The van der Waals surface area contributed by atoms with Gasteiger partial charge in [0.1, 0.15) is 16.9 Å². The van der Waals surface area contributed by atoms with E-state index in [1.54, 1.807) is 25.4 Å². The Morgan fingerprint density at radius 1 is 1.30 bits per heavy atom. The maximum absolute atomic E-state index is 13.1. The summed E-state index contributed by atoms with van der Waals surface area (Å²) in [5, 5.41) is 4.18. The van der Waals surface area contributed by atoms with Gasteiger partial charge < -0.3 is 9.64 Å². The molecule has 5 nitrogen and oxygen atoms in total. The van der Waals surface area contributed by atoms with Gasteiger partial charge in [0.25, 0.3) is 5.56 Å². The number of benzene rings is 1. The summed E-state index contributed by atoms with van der Waals surface area (Å²) in [6.07, 6.45) is 1.31. The molecule has 1 aliphatic heterocycles. The van der Waals surface area contributed by atoms with Crippen LogP contribution in [0.3, 0.4) is 0 Å². The number of ether oxygens (including phenoxy) is 1. The van der Waals surface area contributed by atoms with E-state index in [0.717, 1.165) is 5.56 Å². The molecule has 1 aromatic carbocycles. The second-order valence-electron chi connectivity index (χ2n) is 5.66. The Kier molecular flexibility index (Phi) is 4.37. The van der Waals surface area contributed by atoms with Crippen molar-refractivity contribution in [2.45, 2.75) is 19.1 Å². The molecule has 3 rings (SSSR count). The molecule has 1 fully saturated rings. The first-order chi connectivity index (χ1) is 11.0. The molecule has 0 radical (unpaired) electrons. The van der Waals surface area contributed by atoms with E-state index in [-0.39, 0.29) is 28.6 Å². The second-order valence-corrected chi connectivity index (χ2v) is 6.04. The van der Waals surface area contributed by atoms with E-state index in [0.29, 0.717) is 18.8 Å². The van der Waals surface area contributed by atoms with Crippen LogP contribution in [0.1, 0.15) is 18.6 Å². The van der Waals surface area contributed by atoms with Crippen LogP contribution in [0.15, 0.2) is 35.3 Å². The van der Waals surface area contributed by atoms with Crippen molar-refractivity contribution >= 4 is 17.3 Å². The first-order valence-electron chi connectivity index (χ1n) is 7.33. The quantitative estimate of drug-likeness (QED) is 0.845. The van der Waals surface area contributed by atoms with Crippen molar-refractivity contribution < 1.29 is 9.13 Å². The van der Waals surface area contributed by atoms with E-state index < -0.39 is 0 Å². The lowest BCUT2D eigenvalue weighted by atomic mass is 10.1. The third kappa shape index (κ3) is 3.23. The first kappa shape index (κ1) is 16.0. The molecule has 2 aromatic rings. The SMILES string of the molecule is CC1CN(c2cnn(C)c(=O)c2Cl)CC(c2ccc(F)cc2)O1. The van der Waals surface area contributed by atoms with Gasteiger partial charge in [-0.2, -0.15) is 5.10 Å². The molecule has 7 heteroatoms. The van der Waals surface area contributed by atoms with Crippen molar-refractivity contribution in [3.8, 4) is 0 Å². The molecule has 0 bridgehead atoms. The number of halogens is 2. The summed E-state index contributed by atoms with van der Waals surface area (Å²) in [4.78, 5) is 14.0. The summed E-state index contributed by atoms with van der Waals surface area (Å²) in [6, 6.07) is 6.24. The standard InChI is InChI=1S/C16H17ClFN3O2/c1-10-8-21(13-7-19-20(2)16(22)15(13)17)9-14(23-10)11-3-5-12(18)6-4-11/h3-7,10,14H,8-9H2,1-2H3. The average molecular weight is 338 g/mol. The lowest BCUT2D eigenvalue weighted by Gasteiger charge is -2.38. The van der Waals surface area contributed by atoms with E-state index in [1.165, 1.54) is 16.8 Å². The van der Waals surface area contributed by atoms with E-state index in [2.05, 4.69) is 5.10 Å². The number of hydrogen-bond acceptors (Lipinski definition) is 4. The van der Waals surface area contributed by atoms with Gasteiger partial charge in [0.2, 0.25) is 0 Å². The summed E-state index contributed by atoms with van der Waals surface area (Å²) in [5.41, 5.74) is 1.15. The van der Waals surface area contributed by atoms with Crippen LogP contribution >= 0.6 is 11.6 Å². The molecule has 0 amide bonds. The van der Waals surface area contributed by atoms with Crippen LogP contribution in [0.4, 0.5) is 10.1 Å². The van der Waals surface area contributed by atoms with Crippen molar-refractivity contribution in [2.75, 3.05) is 18.0 Å². The molecule has 0 N–H and O–H groups in total. The summed E-state index contributed by atoms with van der Waals surface area (Å²) in [5.74, 6) is -0.284. The second kappa shape index (κ2) is 6.29. The van der Waals surface area contributed by atoms with Gasteiger partial charge in [0, 0.05) is 20.1 Å². The van der Waals surface area contributed by atoms with Crippen LogP contribution in [-0.2, 0) is 11.8 Å². The third-order valence-corrected chi connectivity index (χ3v) is 4.26. The van der Waals surface area contributed by atoms with Gasteiger partial charge in [-0.1, -0.05) is 23.7 Å². The van der Waals surface area contributed by atoms with Gasteiger partial charge in [-0.15, -0.1) is 0 Å². The number of morpholine rings is 1. The minimum absolute atomic E-state index is 0.0565. The number of anilines is 1. The van der Waals surface area contributed by atoms with Gasteiger partial charge in [-0.3, -0.25) is 4.79 Å². The average Bonchev–Trinajstić information content (AvgIpc) is 2.53. The summed E-state index contributed by atoms with van der Waals surface area (Å²) >= 11 is 6.19. The normalized spacial score (nSPS) is 21.5. The van der Waals surface area contributed by atoms with Crippen LogP contribution in [0, 0.1) is 5.82 Å². The van der Waals surface area contributed by atoms with E-state index in [1.807, 2.05) is 11.8 Å². The van der Waals surface area contributed by atoms with E-state index in [4.69, 9.17) is 16.3 Å². The zero-order chi connectivity index (χ0) is 16.6. The zero-order valence-electron chi connectivity index (χ0n) is 12.9. The molecule has 23 heavy (non-hydrogen) atoms. The predicted molar refractivity (Wildman–Crippen MR) is 86.4 cm³/mol. The maximum Gasteiger partial charge on any atom is 0.287 e. The monoisotopic (exact) mass is 337 g/mol. The van der Waals surface area contributed by atoms with Crippen LogP contribution in [0.2, 0.25) is 5.02 Å². The van der Waals surface area contributed by atoms with Crippen molar-refractivity contribution in [3.63, 3.8) is 0 Å². The number of aryl methyl sites for hydroxylation is 1. The predicted octanol–water partition coefficient (Wildman–Crippen LogP) is 2.54. The highest BCUT2D eigenvalue weighted by Gasteiger charge is 2.28. The first-order valence-corrected chi connectivity index (χ1v) is 7.71. The van der Waals surface area contributed by atoms with E-state index >= 15 is 0 Å². The van der Waals surface area contributed by atoms with Crippen molar-refractivity contribution in [2.24, 2.45) is 7.05 Å². The molecule has 0 aliphatic carbocycles. The number of hydrogen-bond donors (Lipinski definition) is 0. The third-order valence-electron chi connectivity index (χ3n) is 3.90. The highest BCUT2D eigenvalue weighted by Crippen LogP contribution is 2.30. The van der Waals surface area contributed by atoms with Gasteiger partial charge in [0.05, 0.1) is 18.0 Å². The number of rotatable bonds is 2. The Bertz CT molecular complexity index is 763. The highest BCUT2D eigenvalue weighted by atomic mass is 35.5. The number of aromatic nitrogens is 2. The van der Waals surface area contributed by atoms with Gasteiger partial charge >= 0.3 is 0 Å². The molecule has 1 aromatic heterocycles. The Hall–Kier alpha value is -1.92. The largest absolute Gasteiger partial charge is 0.367 e. The van der Waals surface area contributed by atoms with Crippen LogP contribution < -0.4 is 10.5 Å². The molecule has 2 atom stereocenters. The van der Waals surface area contributed by atoms with Gasteiger partial charge in [-0.25, -0.2) is 9.07 Å². The fourth-order valence-corrected chi connectivity index (χ4v) is 3.02. The molecule has 2 unspecified atom stereocenters. The summed E-state index contributed by atoms with van der Waals surface area (Å²) < 4.78 is 20.2. The maximum atomic E-state index is 13.1. The molecule has 1 aliphatic rings. The fourth-order valence-electron chi connectivity index (χ4n) is 2.73. The molecule has 0 saturated carbocycles. The lowest BCUT2D eigenvalue weighted by molar-refractivity contribution is -0.0174. The molecule has 2 heterocycles. The van der Waals surface area contributed by atoms with Gasteiger partial charge in [0.15, 0.2) is 0 Å². The Morgan fingerprint density at radius 2 is 2.00 bits per heavy atom. The zero-order valence-corrected chi connectivity index (χ0v) is 13.6. The fraction of sp³-hybridized carbons (Fsp3) is 0.375. The minimum atomic E-state index is -0.332. The molecule has 122 valence electrons. The Morgan fingerprint density at radius 3 is 2.70 bits per heavy atom. The van der Waals surface area contributed by atoms with Crippen LogP contribution in [-0.4, -0.2) is 29.0 Å². The summed E-state index contributed by atoms with van der Waals surface area (Å²) in [6.45, 7) is 3.07. The molecule has 1 saturated heterocycles. The molecular formula is C16H17ClFN3O2. The van der Waals surface area contributed by atoms with Crippen molar-refractivity contribution in [1.29, 1.82) is 0 Å². The highest BCUT2D eigenvalue weighted by molar-refractivity contribution is 6.33. The van der Waals surface area contributed by atoms with Crippen molar-refractivity contribution in [3.05, 3.63) is 57.2 Å². The number of nitrogens with zero attached hydrogens (tertiary/aromatic N) is 3. The van der Waals surface area contributed by atoms with Crippen molar-refractivity contribution in [1.82, 2.24) is 9.78 Å². The minimum Gasteiger partial charge on any atom is -0.367 e. The Labute approximate surface area is 138 Å². The summed E-state index contributed by atoms with van der Waals surface area (Å²) in [7, 11) is 1.56.